The second kappa shape index (κ2) is 6.75. The maximum Gasteiger partial charge on any atom is 0.315 e. The second-order valence-corrected chi connectivity index (χ2v) is 7.78. The van der Waals surface area contributed by atoms with Crippen LogP contribution in [-0.4, -0.2) is 39.8 Å². The minimum Gasteiger partial charge on any atom is -0.336 e. The maximum absolute atomic E-state index is 12.0. The summed E-state index contributed by atoms with van der Waals surface area (Å²) in [6.45, 7) is 2.19. The average Bonchev–Trinajstić information content (AvgIpc) is 3.20. The summed E-state index contributed by atoms with van der Waals surface area (Å²) >= 11 is 5.96. The fraction of sp³-hybridized carbons (Fsp3) is 0.500. The number of hydrogen-bond donors (Lipinski definition) is 2. The second-order valence-electron chi connectivity index (χ2n) is 5.44. The minimum atomic E-state index is -3.46. The molecule has 0 saturated heterocycles. The van der Waals surface area contributed by atoms with Gasteiger partial charge in [0.15, 0.2) is 0 Å². The van der Waals surface area contributed by atoms with E-state index in [-0.39, 0.29) is 25.2 Å². The van der Waals surface area contributed by atoms with Crippen molar-refractivity contribution in [3.63, 3.8) is 0 Å². The van der Waals surface area contributed by atoms with Gasteiger partial charge in [-0.2, -0.15) is 0 Å². The number of halogens is 1. The van der Waals surface area contributed by atoms with Crippen LogP contribution in [0.3, 0.4) is 0 Å². The Morgan fingerprint density at radius 1 is 1.41 bits per heavy atom. The van der Waals surface area contributed by atoms with Crippen LogP contribution in [0.2, 0.25) is 5.02 Å². The number of urea groups is 1. The Morgan fingerprint density at radius 2 is 2.09 bits per heavy atom. The number of carbonyl (C=O) groups excluding carboxylic acids is 1. The topological polar surface area (TPSA) is 78.5 Å². The van der Waals surface area contributed by atoms with Crippen LogP contribution in [0, 0.1) is 6.92 Å². The molecule has 2 amide bonds. The summed E-state index contributed by atoms with van der Waals surface area (Å²) in [4.78, 5) is 11.6. The van der Waals surface area contributed by atoms with Crippen LogP contribution in [0.25, 0.3) is 0 Å². The molecule has 22 heavy (non-hydrogen) atoms. The first-order chi connectivity index (χ1) is 10.3. The molecule has 0 aromatic heterocycles. The zero-order valence-corrected chi connectivity index (χ0v) is 14.2. The molecule has 122 valence electrons. The zero-order chi connectivity index (χ0) is 16.3. The molecule has 1 saturated carbocycles. The Bertz CT molecular complexity index is 659. The summed E-state index contributed by atoms with van der Waals surface area (Å²) in [5, 5.41) is 5.93. The van der Waals surface area contributed by atoms with Gasteiger partial charge in [-0.1, -0.05) is 17.7 Å². The summed E-state index contributed by atoms with van der Waals surface area (Å²) in [7, 11) is -3.46. The predicted molar refractivity (Wildman–Crippen MR) is 87.9 cm³/mol. The molecule has 0 bridgehead atoms. The van der Waals surface area contributed by atoms with Gasteiger partial charge in [-0.3, -0.25) is 4.31 Å². The lowest BCUT2D eigenvalue weighted by molar-refractivity contribution is 0.241. The smallest absolute Gasteiger partial charge is 0.315 e. The van der Waals surface area contributed by atoms with Crippen molar-refractivity contribution in [2.24, 2.45) is 0 Å². The molecule has 1 fully saturated rings. The zero-order valence-electron chi connectivity index (χ0n) is 12.6. The first kappa shape index (κ1) is 16.9. The highest BCUT2D eigenvalue weighted by molar-refractivity contribution is 7.92. The van der Waals surface area contributed by atoms with Crippen molar-refractivity contribution < 1.29 is 13.2 Å². The Kier molecular flexibility index (Phi) is 5.18. The Morgan fingerprint density at radius 3 is 2.68 bits per heavy atom. The summed E-state index contributed by atoms with van der Waals surface area (Å²) in [5.74, 6) is 0. The molecule has 1 aromatic carbocycles. The van der Waals surface area contributed by atoms with Gasteiger partial charge in [0.25, 0.3) is 0 Å². The standard InChI is InChI=1S/C14H20ClN3O3S/c1-10-3-4-11(15)9-13(10)18(22(2,20)21)8-7-16-14(19)17-12-5-6-12/h3-4,9,12H,5-8H2,1-2H3,(H2,16,17,19). The monoisotopic (exact) mass is 345 g/mol. The number of nitrogens with zero attached hydrogens (tertiary/aromatic N) is 1. The SMILES string of the molecule is Cc1ccc(Cl)cc1N(CCNC(=O)NC1CC1)S(C)(=O)=O. The average molecular weight is 346 g/mol. The molecule has 2 N–H and O–H groups in total. The van der Waals surface area contributed by atoms with Crippen LogP contribution < -0.4 is 14.9 Å². The van der Waals surface area contributed by atoms with Crippen molar-refractivity contribution in [2.75, 3.05) is 23.7 Å². The highest BCUT2D eigenvalue weighted by atomic mass is 35.5. The molecule has 2 rings (SSSR count). The fourth-order valence-electron chi connectivity index (χ4n) is 2.05. The van der Waals surface area contributed by atoms with E-state index in [0.717, 1.165) is 24.7 Å². The van der Waals surface area contributed by atoms with Crippen molar-refractivity contribution in [3.05, 3.63) is 28.8 Å². The van der Waals surface area contributed by atoms with Crippen molar-refractivity contribution in [2.45, 2.75) is 25.8 Å². The lowest BCUT2D eigenvalue weighted by Crippen LogP contribution is -2.42. The van der Waals surface area contributed by atoms with E-state index in [2.05, 4.69) is 10.6 Å². The number of anilines is 1. The number of nitrogens with one attached hydrogen (secondary N) is 2. The van der Waals surface area contributed by atoms with Crippen LogP contribution in [0.15, 0.2) is 18.2 Å². The van der Waals surface area contributed by atoms with Crippen molar-refractivity contribution in [1.29, 1.82) is 0 Å². The van der Waals surface area contributed by atoms with Crippen LogP contribution in [0.4, 0.5) is 10.5 Å². The third-order valence-electron chi connectivity index (χ3n) is 3.35. The molecule has 0 aliphatic heterocycles. The van der Waals surface area contributed by atoms with Gasteiger partial charge in [-0.05, 0) is 37.5 Å². The molecule has 0 atom stereocenters. The Labute approximate surface area is 135 Å². The molecule has 1 aromatic rings. The van der Waals surface area contributed by atoms with Crippen LogP contribution in [-0.2, 0) is 10.0 Å². The largest absolute Gasteiger partial charge is 0.336 e. The van der Waals surface area contributed by atoms with E-state index in [0.29, 0.717) is 10.7 Å². The Balaban J connectivity index is 2.03. The van der Waals surface area contributed by atoms with Gasteiger partial charge < -0.3 is 10.6 Å². The number of amides is 2. The van der Waals surface area contributed by atoms with Gasteiger partial charge in [-0.25, -0.2) is 13.2 Å². The summed E-state index contributed by atoms with van der Waals surface area (Å²) in [6.07, 6.45) is 3.15. The van der Waals surface area contributed by atoms with Gasteiger partial charge in [-0.15, -0.1) is 0 Å². The molecule has 0 heterocycles. The fourth-order valence-corrected chi connectivity index (χ4v) is 3.19. The van der Waals surface area contributed by atoms with E-state index in [4.69, 9.17) is 11.6 Å². The van der Waals surface area contributed by atoms with E-state index in [1.807, 2.05) is 6.92 Å². The maximum atomic E-state index is 12.0. The molecular weight excluding hydrogens is 326 g/mol. The highest BCUT2D eigenvalue weighted by Crippen LogP contribution is 2.26. The Hall–Kier alpha value is -1.47. The minimum absolute atomic E-state index is 0.151. The first-order valence-electron chi connectivity index (χ1n) is 7.05. The molecule has 6 nitrogen and oxygen atoms in total. The molecule has 1 aliphatic rings. The van der Waals surface area contributed by atoms with Crippen LogP contribution in [0.5, 0.6) is 0 Å². The summed E-state index contributed by atoms with van der Waals surface area (Å²) in [6, 6.07) is 5.09. The molecule has 0 spiro atoms. The number of hydrogen-bond acceptors (Lipinski definition) is 3. The van der Waals surface area contributed by atoms with E-state index in [9.17, 15) is 13.2 Å². The molecular formula is C14H20ClN3O3S. The summed E-state index contributed by atoms with van der Waals surface area (Å²) < 4.78 is 25.3. The molecule has 8 heteroatoms. The number of benzene rings is 1. The number of aryl methyl sites for hydroxylation is 1. The van der Waals surface area contributed by atoms with E-state index >= 15 is 0 Å². The van der Waals surface area contributed by atoms with Gasteiger partial charge in [0.1, 0.15) is 0 Å². The van der Waals surface area contributed by atoms with Gasteiger partial charge in [0, 0.05) is 17.6 Å². The van der Waals surface area contributed by atoms with Gasteiger partial charge >= 0.3 is 6.03 Å². The van der Waals surface area contributed by atoms with Crippen molar-refractivity contribution in [1.82, 2.24) is 10.6 Å². The van der Waals surface area contributed by atoms with E-state index < -0.39 is 10.0 Å². The lowest BCUT2D eigenvalue weighted by atomic mass is 10.2. The van der Waals surface area contributed by atoms with Gasteiger partial charge in [0.2, 0.25) is 10.0 Å². The van der Waals surface area contributed by atoms with Crippen LogP contribution >= 0.6 is 11.6 Å². The number of carbonyl (C=O) groups is 1. The van der Waals surface area contributed by atoms with Crippen molar-refractivity contribution in [3.8, 4) is 0 Å². The van der Waals surface area contributed by atoms with E-state index in [1.54, 1.807) is 18.2 Å². The number of rotatable bonds is 6. The van der Waals surface area contributed by atoms with Crippen molar-refractivity contribution >= 4 is 33.3 Å². The highest BCUT2D eigenvalue weighted by Gasteiger charge is 2.23. The predicted octanol–water partition coefficient (Wildman–Crippen LogP) is 1.88. The van der Waals surface area contributed by atoms with Crippen LogP contribution in [0.1, 0.15) is 18.4 Å². The molecule has 1 aliphatic carbocycles. The summed E-state index contributed by atoms with van der Waals surface area (Å²) in [5.41, 5.74) is 1.33. The normalized spacial score (nSPS) is 14.5. The van der Waals surface area contributed by atoms with Gasteiger partial charge in [0.05, 0.1) is 18.5 Å². The third-order valence-corrected chi connectivity index (χ3v) is 4.77. The number of sulfonamides is 1. The molecule has 0 radical (unpaired) electrons. The van der Waals surface area contributed by atoms with E-state index in [1.165, 1.54) is 4.31 Å². The molecule has 0 unspecified atom stereocenters. The lowest BCUT2D eigenvalue weighted by Gasteiger charge is -2.24. The first-order valence-corrected chi connectivity index (χ1v) is 9.28. The quantitative estimate of drug-likeness (QED) is 0.826. The third kappa shape index (κ3) is 4.78.